The molecule has 0 unspecified atom stereocenters. The highest BCUT2D eigenvalue weighted by atomic mass is 32.2. The first-order chi connectivity index (χ1) is 8.23. The molecule has 0 aromatic heterocycles. The topological polar surface area (TPSA) is 65.7 Å². The Kier molecular flexibility index (Phi) is 6.88. The van der Waals surface area contributed by atoms with E-state index in [0.717, 1.165) is 11.9 Å². The van der Waals surface area contributed by atoms with Crippen LogP contribution in [-0.2, 0) is 4.84 Å². The number of amides is 1. The first kappa shape index (κ1) is 16.9. The van der Waals surface area contributed by atoms with E-state index in [0.29, 0.717) is 17.0 Å². The van der Waals surface area contributed by atoms with E-state index in [1.54, 1.807) is 20.8 Å². The van der Waals surface area contributed by atoms with Crippen LogP contribution in [0.1, 0.15) is 34.1 Å². The minimum absolute atomic E-state index is 0.513. The number of carbonyl (C=O) groups excluding carboxylic acids is 1. The van der Waals surface area contributed by atoms with Gasteiger partial charge in [0.25, 0.3) is 0 Å². The lowest BCUT2D eigenvalue weighted by Gasteiger charge is -2.21. The highest BCUT2D eigenvalue weighted by molar-refractivity contribution is 7.99. The van der Waals surface area contributed by atoms with Crippen LogP contribution in [0.3, 0.4) is 0 Å². The van der Waals surface area contributed by atoms with E-state index in [-0.39, 0.29) is 0 Å². The maximum Gasteiger partial charge on any atom is 0.445 e. The van der Waals surface area contributed by atoms with Crippen LogP contribution in [0.5, 0.6) is 0 Å². The van der Waals surface area contributed by atoms with E-state index < -0.39 is 10.8 Å². The Morgan fingerprint density at radius 2 is 2.17 bits per heavy atom. The van der Waals surface area contributed by atoms with Crippen molar-refractivity contribution in [2.24, 2.45) is 5.16 Å². The third-order valence-electron chi connectivity index (χ3n) is 1.88. The van der Waals surface area contributed by atoms with Crippen molar-refractivity contribution in [1.82, 2.24) is 4.31 Å². The van der Waals surface area contributed by atoms with E-state index >= 15 is 0 Å². The predicted octanol–water partition coefficient (Wildman–Crippen LogP) is 3.16. The van der Waals surface area contributed by atoms with Crippen LogP contribution in [0.25, 0.3) is 0 Å². The molecule has 0 N–H and O–H groups in total. The Balaban J connectivity index is 4.44. The molecule has 0 radical (unpaired) electrons. The number of thiocarbonyl (C=S) groups is 1. The summed E-state index contributed by atoms with van der Waals surface area (Å²) in [6, 6.07) is 2.08. The molecule has 0 aliphatic rings. The van der Waals surface area contributed by atoms with Gasteiger partial charge in [-0.05, 0) is 39.1 Å². The van der Waals surface area contributed by atoms with Crippen molar-refractivity contribution in [3.63, 3.8) is 0 Å². The molecule has 5 nitrogen and oxygen atoms in total. The van der Waals surface area contributed by atoms with E-state index in [9.17, 15) is 4.79 Å². The first-order valence-corrected chi connectivity index (χ1v) is 6.54. The summed E-state index contributed by atoms with van der Waals surface area (Å²) in [6.07, 6.45) is 0.0374. The number of oxime groups is 1. The monoisotopic (exact) mass is 287 g/mol. The van der Waals surface area contributed by atoms with Gasteiger partial charge in [-0.3, -0.25) is 9.14 Å². The Bertz CT molecular complexity index is 400. The van der Waals surface area contributed by atoms with Gasteiger partial charge < -0.3 is 0 Å². The van der Waals surface area contributed by atoms with Crippen molar-refractivity contribution >= 4 is 40.8 Å². The molecule has 0 rings (SSSR count). The molecular formula is C11H17N3O2S2. The van der Waals surface area contributed by atoms with Gasteiger partial charge in [-0.1, -0.05) is 24.3 Å². The van der Waals surface area contributed by atoms with E-state index in [1.165, 1.54) is 11.4 Å². The van der Waals surface area contributed by atoms with Gasteiger partial charge >= 0.3 is 6.09 Å². The molecule has 0 spiro atoms. The van der Waals surface area contributed by atoms with Gasteiger partial charge in [-0.15, -0.1) is 0 Å². The number of carbonyl (C=O) groups is 1. The number of rotatable bonds is 5. The molecule has 0 aromatic carbocycles. The van der Waals surface area contributed by atoms with Crippen LogP contribution >= 0.6 is 24.2 Å². The zero-order valence-electron chi connectivity index (χ0n) is 11.2. The molecular weight excluding hydrogens is 270 g/mol. The fourth-order valence-electron chi connectivity index (χ4n) is 0.872. The molecule has 0 heterocycles. The average Bonchev–Trinajstić information content (AvgIpc) is 2.33. The van der Waals surface area contributed by atoms with Crippen LogP contribution in [0, 0.1) is 11.3 Å². The summed E-state index contributed by atoms with van der Waals surface area (Å²) in [6.45, 7) is 7.01. The lowest BCUT2D eigenvalue weighted by atomic mass is 10.2. The van der Waals surface area contributed by atoms with Crippen molar-refractivity contribution in [1.29, 1.82) is 5.26 Å². The van der Waals surface area contributed by atoms with Crippen molar-refractivity contribution in [2.45, 2.75) is 38.9 Å². The number of hydrogen-bond donors (Lipinski definition) is 0. The summed E-state index contributed by atoms with van der Waals surface area (Å²) in [5, 5.41) is 12.5. The van der Waals surface area contributed by atoms with Crippen molar-refractivity contribution in [3.8, 4) is 6.07 Å². The third kappa shape index (κ3) is 5.98. The minimum Gasteiger partial charge on any atom is -0.297 e. The van der Waals surface area contributed by atoms with Crippen molar-refractivity contribution < 1.29 is 9.63 Å². The Labute approximate surface area is 117 Å². The van der Waals surface area contributed by atoms with Crippen LogP contribution in [0.4, 0.5) is 4.79 Å². The summed E-state index contributed by atoms with van der Waals surface area (Å²) < 4.78 is 0.528. The maximum atomic E-state index is 11.6. The average molecular weight is 287 g/mol. The second-order valence-corrected chi connectivity index (χ2v) is 6.27. The Morgan fingerprint density at radius 1 is 1.61 bits per heavy atom. The van der Waals surface area contributed by atoms with Crippen LogP contribution in [0.2, 0.25) is 0 Å². The van der Waals surface area contributed by atoms with Gasteiger partial charge in [0.1, 0.15) is 4.75 Å². The molecule has 100 valence electrons. The van der Waals surface area contributed by atoms with Gasteiger partial charge in [-0.2, -0.15) is 5.26 Å². The molecule has 0 saturated heterocycles. The van der Waals surface area contributed by atoms with E-state index in [4.69, 9.17) is 22.3 Å². The summed E-state index contributed by atoms with van der Waals surface area (Å²) in [5.41, 5.74) is 0.513. The molecule has 0 aliphatic heterocycles. The lowest BCUT2D eigenvalue weighted by molar-refractivity contribution is 0.137. The second kappa shape index (κ2) is 7.34. The summed E-state index contributed by atoms with van der Waals surface area (Å²) in [4.78, 5) is 17.0. The van der Waals surface area contributed by atoms with Gasteiger partial charge in [-0.25, -0.2) is 4.79 Å². The SMILES string of the molecule is CCC(=S)C(C)=NOC(=O)N(C)SC(C)(C)C#N. The first-order valence-electron chi connectivity index (χ1n) is 5.36. The molecule has 0 atom stereocenters. The smallest absolute Gasteiger partial charge is 0.297 e. The van der Waals surface area contributed by atoms with Gasteiger partial charge in [0.05, 0.1) is 11.8 Å². The third-order valence-corrected chi connectivity index (χ3v) is 3.43. The summed E-state index contributed by atoms with van der Waals surface area (Å²) in [7, 11) is 1.52. The van der Waals surface area contributed by atoms with Gasteiger partial charge in [0, 0.05) is 11.9 Å². The highest BCUT2D eigenvalue weighted by Crippen LogP contribution is 2.26. The highest BCUT2D eigenvalue weighted by Gasteiger charge is 2.24. The Hall–Kier alpha value is -1.13. The van der Waals surface area contributed by atoms with Crippen LogP contribution in [-0.4, -0.2) is 32.8 Å². The summed E-state index contributed by atoms with van der Waals surface area (Å²) in [5.74, 6) is 0. The fraction of sp³-hybridized carbons (Fsp3) is 0.636. The standard InChI is InChI=1S/C11H17N3O2S2/c1-6-9(17)8(2)13-16-10(15)14(5)18-11(3,4)7-12/h6H2,1-5H3. The van der Waals surface area contributed by atoms with Crippen LogP contribution < -0.4 is 0 Å². The molecule has 7 heteroatoms. The predicted molar refractivity (Wildman–Crippen MR) is 77.5 cm³/mol. The quantitative estimate of drug-likeness (QED) is 0.255. The zero-order valence-corrected chi connectivity index (χ0v) is 12.8. The van der Waals surface area contributed by atoms with Gasteiger partial charge in [0.15, 0.2) is 0 Å². The molecule has 0 aliphatic carbocycles. The normalized spacial score (nSPS) is 11.7. The molecule has 0 saturated carbocycles. The lowest BCUT2D eigenvalue weighted by Crippen LogP contribution is -2.26. The molecule has 0 aromatic rings. The van der Waals surface area contributed by atoms with Crippen molar-refractivity contribution in [3.05, 3.63) is 0 Å². The van der Waals surface area contributed by atoms with Crippen molar-refractivity contribution in [2.75, 3.05) is 7.05 Å². The summed E-state index contributed by atoms with van der Waals surface area (Å²) >= 11 is 6.09. The molecule has 1 amide bonds. The fourth-order valence-corrected chi connectivity index (χ4v) is 1.74. The maximum absolute atomic E-state index is 11.6. The zero-order chi connectivity index (χ0) is 14.3. The number of hydrogen-bond acceptors (Lipinski definition) is 6. The number of nitriles is 1. The van der Waals surface area contributed by atoms with Crippen LogP contribution in [0.15, 0.2) is 5.16 Å². The van der Waals surface area contributed by atoms with E-state index in [2.05, 4.69) is 11.2 Å². The molecule has 0 bridgehead atoms. The molecule has 18 heavy (non-hydrogen) atoms. The number of nitrogens with zero attached hydrogens (tertiary/aromatic N) is 3. The minimum atomic E-state index is -0.703. The largest absolute Gasteiger partial charge is 0.445 e. The Morgan fingerprint density at radius 3 is 2.61 bits per heavy atom. The van der Waals surface area contributed by atoms with Gasteiger partial charge in [0.2, 0.25) is 0 Å². The molecule has 0 fully saturated rings. The second-order valence-electron chi connectivity index (χ2n) is 4.02. The van der Waals surface area contributed by atoms with E-state index in [1.807, 2.05) is 6.92 Å².